The van der Waals surface area contributed by atoms with Crippen molar-refractivity contribution < 1.29 is 9.53 Å². The highest BCUT2D eigenvalue weighted by atomic mass is 32.1. The van der Waals surface area contributed by atoms with E-state index >= 15 is 0 Å². The summed E-state index contributed by atoms with van der Waals surface area (Å²) in [5.74, 6) is 0.518. The lowest BCUT2D eigenvalue weighted by atomic mass is 9.93. The SMILES string of the molecule is Cc1cc(C)c(C(=O)C2CCOCC2)s1. The summed E-state index contributed by atoms with van der Waals surface area (Å²) >= 11 is 1.63. The molecule has 0 saturated carbocycles. The second kappa shape index (κ2) is 4.45. The number of rotatable bonds is 2. The number of Topliss-reactive ketones (excluding diaryl/α,β-unsaturated/α-hetero) is 1. The van der Waals surface area contributed by atoms with Crippen LogP contribution in [0.25, 0.3) is 0 Å². The third kappa shape index (κ3) is 2.29. The molecular formula is C12H16O2S. The number of aryl methyl sites for hydroxylation is 2. The summed E-state index contributed by atoms with van der Waals surface area (Å²) in [6.45, 7) is 5.55. The van der Waals surface area contributed by atoms with Gasteiger partial charge in [-0.05, 0) is 38.3 Å². The standard InChI is InChI=1S/C12H16O2S/c1-8-7-9(2)15-12(8)11(13)10-3-5-14-6-4-10/h7,10H,3-6H2,1-2H3. The van der Waals surface area contributed by atoms with Gasteiger partial charge in [-0.3, -0.25) is 4.79 Å². The molecule has 2 nitrogen and oxygen atoms in total. The molecule has 1 aromatic rings. The van der Waals surface area contributed by atoms with E-state index in [2.05, 4.69) is 13.0 Å². The third-order valence-corrected chi connectivity index (χ3v) is 4.02. The maximum absolute atomic E-state index is 12.2. The summed E-state index contributed by atoms with van der Waals surface area (Å²) in [4.78, 5) is 14.4. The number of carbonyl (C=O) groups is 1. The molecule has 3 heteroatoms. The molecule has 1 aromatic heterocycles. The molecule has 15 heavy (non-hydrogen) atoms. The number of ketones is 1. The van der Waals surface area contributed by atoms with E-state index in [0.717, 1.165) is 36.5 Å². The summed E-state index contributed by atoms with van der Waals surface area (Å²) < 4.78 is 5.27. The molecule has 1 aliphatic rings. The lowest BCUT2D eigenvalue weighted by Crippen LogP contribution is -2.23. The summed E-state index contributed by atoms with van der Waals surface area (Å²) in [5.41, 5.74) is 1.13. The second-order valence-corrected chi connectivity index (χ2v) is 5.38. The van der Waals surface area contributed by atoms with Crippen LogP contribution in [-0.4, -0.2) is 19.0 Å². The normalized spacial score (nSPS) is 18.0. The Morgan fingerprint density at radius 3 is 2.60 bits per heavy atom. The largest absolute Gasteiger partial charge is 0.381 e. The van der Waals surface area contributed by atoms with E-state index in [1.165, 1.54) is 4.88 Å². The zero-order valence-electron chi connectivity index (χ0n) is 9.21. The lowest BCUT2D eigenvalue weighted by molar-refractivity contribution is 0.0547. The Balaban J connectivity index is 2.16. The number of thiophene rings is 1. The first-order chi connectivity index (χ1) is 7.18. The van der Waals surface area contributed by atoms with Gasteiger partial charge in [0.25, 0.3) is 0 Å². The maximum Gasteiger partial charge on any atom is 0.176 e. The predicted octanol–water partition coefficient (Wildman–Crippen LogP) is 2.97. The highest BCUT2D eigenvalue weighted by Crippen LogP contribution is 2.27. The van der Waals surface area contributed by atoms with Crippen molar-refractivity contribution in [1.82, 2.24) is 0 Å². The molecule has 1 fully saturated rings. The molecule has 0 bridgehead atoms. The fourth-order valence-electron chi connectivity index (χ4n) is 2.03. The molecule has 2 rings (SSSR count). The number of hydrogen-bond donors (Lipinski definition) is 0. The van der Waals surface area contributed by atoms with Crippen molar-refractivity contribution >= 4 is 17.1 Å². The molecular weight excluding hydrogens is 208 g/mol. The van der Waals surface area contributed by atoms with E-state index in [1.807, 2.05) is 6.92 Å². The van der Waals surface area contributed by atoms with Gasteiger partial charge in [0.15, 0.2) is 5.78 Å². The van der Waals surface area contributed by atoms with E-state index in [9.17, 15) is 4.79 Å². The Labute approximate surface area is 94.3 Å². The first kappa shape index (κ1) is 10.8. The number of ether oxygens (including phenoxy) is 1. The highest BCUT2D eigenvalue weighted by molar-refractivity contribution is 7.14. The van der Waals surface area contributed by atoms with Gasteiger partial charge >= 0.3 is 0 Å². The fourth-order valence-corrected chi connectivity index (χ4v) is 3.08. The smallest absolute Gasteiger partial charge is 0.176 e. The van der Waals surface area contributed by atoms with Crippen LogP contribution in [-0.2, 0) is 4.74 Å². The monoisotopic (exact) mass is 224 g/mol. The Morgan fingerprint density at radius 2 is 2.07 bits per heavy atom. The Hall–Kier alpha value is -0.670. The van der Waals surface area contributed by atoms with Crippen LogP contribution in [0.4, 0.5) is 0 Å². The van der Waals surface area contributed by atoms with E-state index < -0.39 is 0 Å². The van der Waals surface area contributed by atoms with Crippen molar-refractivity contribution in [3.63, 3.8) is 0 Å². The van der Waals surface area contributed by atoms with Crippen LogP contribution in [0.2, 0.25) is 0 Å². The van der Waals surface area contributed by atoms with Gasteiger partial charge in [0, 0.05) is 24.0 Å². The van der Waals surface area contributed by atoms with Gasteiger partial charge in [-0.15, -0.1) is 11.3 Å². The van der Waals surface area contributed by atoms with Crippen molar-refractivity contribution in [2.24, 2.45) is 5.92 Å². The number of carbonyl (C=O) groups excluding carboxylic acids is 1. The zero-order chi connectivity index (χ0) is 10.8. The van der Waals surface area contributed by atoms with Crippen molar-refractivity contribution in [3.05, 3.63) is 21.4 Å². The molecule has 0 aromatic carbocycles. The van der Waals surface area contributed by atoms with Crippen LogP contribution >= 0.6 is 11.3 Å². The first-order valence-electron chi connectivity index (χ1n) is 5.37. The van der Waals surface area contributed by atoms with Crippen molar-refractivity contribution in [2.45, 2.75) is 26.7 Å². The van der Waals surface area contributed by atoms with Gasteiger partial charge in [0.2, 0.25) is 0 Å². The maximum atomic E-state index is 12.2. The fraction of sp³-hybridized carbons (Fsp3) is 0.583. The van der Waals surface area contributed by atoms with E-state index in [1.54, 1.807) is 11.3 Å². The molecule has 0 amide bonds. The summed E-state index contributed by atoms with van der Waals surface area (Å²) in [6, 6.07) is 2.09. The van der Waals surface area contributed by atoms with Crippen molar-refractivity contribution in [2.75, 3.05) is 13.2 Å². The summed E-state index contributed by atoms with van der Waals surface area (Å²) in [7, 11) is 0. The van der Waals surface area contributed by atoms with E-state index in [-0.39, 0.29) is 5.92 Å². The van der Waals surface area contributed by atoms with Crippen LogP contribution in [0, 0.1) is 19.8 Å². The van der Waals surface area contributed by atoms with Crippen molar-refractivity contribution in [3.8, 4) is 0 Å². The molecule has 0 N–H and O–H groups in total. The molecule has 1 aliphatic heterocycles. The number of hydrogen-bond acceptors (Lipinski definition) is 3. The van der Waals surface area contributed by atoms with Gasteiger partial charge in [-0.2, -0.15) is 0 Å². The first-order valence-corrected chi connectivity index (χ1v) is 6.19. The van der Waals surface area contributed by atoms with Gasteiger partial charge in [0.05, 0.1) is 4.88 Å². The van der Waals surface area contributed by atoms with Crippen LogP contribution in [0.1, 0.15) is 33.0 Å². The van der Waals surface area contributed by atoms with Gasteiger partial charge in [0.1, 0.15) is 0 Å². The zero-order valence-corrected chi connectivity index (χ0v) is 10.0. The quantitative estimate of drug-likeness (QED) is 0.722. The minimum Gasteiger partial charge on any atom is -0.381 e. The summed E-state index contributed by atoms with van der Waals surface area (Å²) in [5, 5.41) is 0. The van der Waals surface area contributed by atoms with Crippen LogP contribution in [0.15, 0.2) is 6.07 Å². The second-order valence-electron chi connectivity index (χ2n) is 4.12. The predicted molar refractivity (Wildman–Crippen MR) is 61.7 cm³/mol. The molecule has 0 atom stereocenters. The average molecular weight is 224 g/mol. The van der Waals surface area contributed by atoms with Crippen LogP contribution < -0.4 is 0 Å². The molecule has 0 aliphatic carbocycles. The topological polar surface area (TPSA) is 26.3 Å². The van der Waals surface area contributed by atoms with Crippen LogP contribution in [0.3, 0.4) is 0 Å². The lowest BCUT2D eigenvalue weighted by Gasteiger charge is -2.20. The van der Waals surface area contributed by atoms with Gasteiger partial charge in [-0.25, -0.2) is 0 Å². The molecule has 0 radical (unpaired) electrons. The minimum atomic E-state index is 0.190. The van der Waals surface area contributed by atoms with Gasteiger partial charge in [-0.1, -0.05) is 0 Å². The Kier molecular flexibility index (Phi) is 3.22. The Bertz CT molecular complexity index is 362. The minimum absolute atomic E-state index is 0.190. The summed E-state index contributed by atoms with van der Waals surface area (Å²) in [6.07, 6.45) is 1.77. The molecule has 2 heterocycles. The molecule has 82 valence electrons. The van der Waals surface area contributed by atoms with E-state index in [0.29, 0.717) is 5.78 Å². The molecule has 0 spiro atoms. The molecule has 1 saturated heterocycles. The Morgan fingerprint density at radius 1 is 1.40 bits per heavy atom. The average Bonchev–Trinajstić information content (AvgIpc) is 2.58. The van der Waals surface area contributed by atoms with Gasteiger partial charge < -0.3 is 4.74 Å². The van der Waals surface area contributed by atoms with Crippen molar-refractivity contribution in [1.29, 1.82) is 0 Å². The van der Waals surface area contributed by atoms with Crippen LogP contribution in [0.5, 0.6) is 0 Å². The highest BCUT2D eigenvalue weighted by Gasteiger charge is 2.24. The molecule has 0 unspecified atom stereocenters. The third-order valence-electron chi connectivity index (χ3n) is 2.86. The van der Waals surface area contributed by atoms with E-state index in [4.69, 9.17) is 4.74 Å².